The van der Waals surface area contributed by atoms with Crippen molar-refractivity contribution < 1.29 is 4.79 Å². The summed E-state index contributed by atoms with van der Waals surface area (Å²) in [7, 11) is 0. The largest absolute Gasteiger partial charge is 0.307 e. The molecule has 0 saturated heterocycles. The zero-order valence-corrected chi connectivity index (χ0v) is 13.4. The summed E-state index contributed by atoms with van der Waals surface area (Å²) in [5, 5.41) is 7.32. The second-order valence-corrected chi connectivity index (χ2v) is 5.42. The first kappa shape index (κ1) is 15.7. The molecule has 0 spiro atoms. The van der Waals surface area contributed by atoms with Gasteiger partial charge in [0.1, 0.15) is 5.82 Å². The molecule has 0 aliphatic carbocycles. The molecule has 0 aliphatic heterocycles. The average molecular weight is 318 g/mol. The fraction of sp³-hybridized carbons (Fsp3) is 0.105. The van der Waals surface area contributed by atoms with Gasteiger partial charge in [0.05, 0.1) is 12.2 Å². The van der Waals surface area contributed by atoms with Crippen LogP contribution in [0.2, 0.25) is 0 Å². The SMILES string of the molecule is Cc1cc(NC(=O)/C=C/c2cccnc2)n(Cc2ccccc2)n1. The minimum Gasteiger partial charge on any atom is -0.307 e. The van der Waals surface area contributed by atoms with Crippen molar-refractivity contribution in [1.29, 1.82) is 0 Å². The Morgan fingerprint density at radius 3 is 2.79 bits per heavy atom. The Balaban J connectivity index is 1.71. The fourth-order valence-corrected chi connectivity index (χ4v) is 2.34. The van der Waals surface area contributed by atoms with Crippen LogP contribution in [0.15, 0.2) is 67.0 Å². The number of aromatic nitrogens is 3. The van der Waals surface area contributed by atoms with Gasteiger partial charge in [0.25, 0.3) is 0 Å². The molecule has 3 rings (SSSR count). The molecule has 1 amide bonds. The van der Waals surface area contributed by atoms with Gasteiger partial charge in [-0.15, -0.1) is 0 Å². The number of nitrogens with zero attached hydrogens (tertiary/aromatic N) is 3. The van der Waals surface area contributed by atoms with Crippen molar-refractivity contribution in [2.24, 2.45) is 0 Å². The number of nitrogens with one attached hydrogen (secondary N) is 1. The standard InChI is InChI=1S/C19H18N4O/c1-15-12-18(23(22-15)14-17-6-3-2-4-7-17)21-19(24)10-9-16-8-5-11-20-13-16/h2-13H,14H2,1H3,(H,21,24)/b10-9+. The van der Waals surface area contributed by atoms with Crippen LogP contribution in [0.1, 0.15) is 16.8 Å². The van der Waals surface area contributed by atoms with Crippen molar-refractivity contribution in [2.75, 3.05) is 5.32 Å². The highest BCUT2D eigenvalue weighted by Gasteiger charge is 2.08. The molecule has 0 aliphatic rings. The Labute approximate surface area is 140 Å². The predicted molar refractivity (Wildman–Crippen MR) is 94.4 cm³/mol. The molecule has 0 fully saturated rings. The number of carbonyl (C=O) groups excluding carboxylic acids is 1. The lowest BCUT2D eigenvalue weighted by atomic mass is 10.2. The maximum Gasteiger partial charge on any atom is 0.249 e. The first-order valence-corrected chi connectivity index (χ1v) is 7.68. The number of amides is 1. The minimum absolute atomic E-state index is 0.201. The van der Waals surface area contributed by atoms with E-state index >= 15 is 0 Å². The lowest BCUT2D eigenvalue weighted by molar-refractivity contribution is -0.111. The maximum atomic E-state index is 12.1. The summed E-state index contributed by atoms with van der Waals surface area (Å²) in [5.41, 5.74) is 2.86. The quantitative estimate of drug-likeness (QED) is 0.734. The van der Waals surface area contributed by atoms with E-state index in [1.807, 2.05) is 55.5 Å². The summed E-state index contributed by atoms with van der Waals surface area (Å²) in [6, 6.07) is 15.6. The number of hydrogen-bond donors (Lipinski definition) is 1. The summed E-state index contributed by atoms with van der Waals surface area (Å²) < 4.78 is 1.79. The van der Waals surface area contributed by atoms with E-state index in [4.69, 9.17) is 0 Å². The molecule has 0 saturated carbocycles. The van der Waals surface area contributed by atoms with Crippen LogP contribution in [0, 0.1) is 6.92 Å². The Bertz CT molecular complexity index is 838. The smallest absolute Gasteiger partial charge is 0.249 e. The molecule has 1 aromatic carbocycles. The normalized spacial score (nSPS) is 10.9. The summed E-state index contributed by atoms with van der Waals surface area (Å²) in [4.78, 5) is 16.2. The summed E-state index contributed by atoms with van der Waals surface area (Å²) in [6.07, 6.45) is 6.62. The summed E-state index contributed by atoms with van der Waals surface area (Å²) in [6.45, 7) is 2.51. The highest BCUT2D eigenvalue weighted by molar-refractivity contribution is 6.01. The minimum atomic E-state index is -0.201. The second-order valence-electron chi connectivity index (χ2n) is 5.42. The molecule has 120 valence electrons. The van der Waals surface area contributed by atoms with Gasteiger partial charge >= 0.3 is 0 Å². The van der Waals surface area contributed by atoms with Gasteiger partial charge in [-0.05, 0) is 30.2 Å². The lowest BCUT2D eigenvalue weighted by Crippen LogP contribution is -2.13. The number of hydrogen-bond acceptors (Lipinski definition) is 3. The average Bonchev–Trinajstić information content (AvgIpc) is 2.94. The number of carbonyl (C=O) groups is 1. The summed E-state index contributed by atoms with van der Waals surface area (Å²) >= 11 is 0. The Hall–Kier alpha value is -3.21. The van der Waals surface area contributed by atoms with E-state index in [0.29, 0.717) is 12.4 Å². The molecule has 0 bridgehead atoms. The van der Waals surface area contributed by atoms with E-state index < -0.39 is 0 Å². The van der Waals surface area contributed by atoms with Crippen molar-refractivity contribution in [2.45, 2.75) is 13.5 Å². The van der Waals surface area contributed by atoms with E-state index in [1.54, 1.807) is 23.2 Å². The Kier molecular flexibility index (Phi) is 4.81. The third-order valence-electron chi connectivity index (χ3n) is 3.44. The molecule has 0 unspecified atom stereocenters. The molecule has 0 atom stereocenters. The number of benzene rings is 1. The van der Waals surface area contributed by atoms with Gasteiger partial charge in [-0.2, -0.15) is 5.10 Å². The van der Waals surface area contributed by atoms with Crippen LogP contribution in [0.3, 0.4) is 0 Å². The van der Waals surface area contributed by atoms with Crippen LogP contribution in [0.5, 0.6) is 0 Å². The van der Waals surface area contributed by atoms with Gasteiger partial charge < -0.3 is 5.32 Å². The van der Waals surface area contributed by atoms with Crippen LogP contribution in [0.25, 0.3) is 6.08 Å². The lowest BCUT2D eigenvalue weighted by Gasteiger charge is -2.07. The van der Waals surface area contributed by atoms with Gasteiger partial charge in [-0.3, -0.25) is 9.78 Å². The van der Waals surface area contributed by atoms with Gasteiger partial charge in [-0.1, -0.05) is 36.4 Å². The van der Waals surface area contributed by atoms with Gasteiger partial charge in [0, 0.05) is 24.5 Å². The number of aryl methyl sites for hydroxylation is 1. The zero-order chi connectivity index (χ0) is 16.8. The van der Waals surface area contributed by atoms with Crippen molar-refractivity contribution in [3.63, 3.8) is 0 Å². The van der Waals surface area contributed by atoms with Gasteiger partial charge in [-0.25, -0.2) is 4.68 Å². The van der Waals surface area contributed by atoms with E-state index in [1.165, 1.54) is 6.08 Å². The predicted octanol–water partition coefficient (Wildman–Crippen LogP) is 3.29. The van der Waals surface area contributed by atoms with Crippen molar-refractivity contribution in [1.82, 2.24) is 14.8 Å². The van der Waals surface area contributed by atoms with E-state index in [9.17, 15) is 4.79 Å². The second kappa shape index (κ2) is 7.37. The maximum absolute atomic E-state index is 12.1. The zero-order valence-electron chi connectivity index (χ0n) is 13.4. The fourth-order valence-electron chi connectivity index (χ4n) is 2.34. The van der Waals surface area contributed by atoms with Gasteiger partial charge in [0.2, 0.25) is 5.91 Å². The van der Waals surface area contributed by atoms with E-state index in [2.05, 4.69) is 15.4 Å². The van der Waals surface area contributed by atoms with Crippen molar-refractivity contribution >= 4 is 17.8 Å². The molecule has 5 heteroatoms. The monoisotopic (exact) mass is 318 g/mol. The first-order chi connectivity index (χ1) is 11.7. The number of pyridine rings is 1. The van der Waals surface area contributed by atoms with Crippen molar-refractivity contribution in [3.05, 3.63) is 83.8 Å². The van der Waals surface area contributed by atoms with Crippen LogP contribution >= 0.6 is 0 Å². The number of rotatable bonds is 5. The molecule has 2 heterocycles. The van der Waals surface area contributed by atoms with E-state index in [0.717, 1.165) is 16.8 Å². The number of anilines is 1. The van der Waals surface area contributed by atoms with Crippen LogP contribution < -0.4 is 5.32 Å². The Morgan fingerprint density at radius 1 is 1.21 bits per heavy atom. The van der Waals surface area contributed by atoms with Crippen LogP contribution in [0.4, 0.5) is 5.82 Å². The highest BCUT2D eigenvalue weighted by Crippen LogP contribution is 2.13. The third-order valence-corrected chi connectivity index (χ3v) is 3.44. The molecular formula is C19H18N4O. The molecule has 24 heavy (non-hydrogen) atoms. The van der Waals surface area contributed by atoms with Gasteiger partial charge in [0.15, 0.2) is 0 Å². The molecule has 3 aromatic rings. The molecule has 2 aromatic heterocycles. The molecular weight excluding hydrogens is 300 g/mol. The molecule has 1 N–H and O–H groups in total. The first-order valence-electron chi connectivity index (χ1n) is 7.68. The molecule has 5 nitrogen and oxygen atoms in total. The van der Waals surface area contributed by atoms with Crippen LogP contribution in [-0.2, 0) is 11.3 Å². The van der Waals surface area contributed by atoms with Crippen molar-refractivity contribution in [3.8, 4) is 0 Å². The third kappa shape index (κ3) is 4.16. The molecule has 0 radical (unpaired) electrons. The topological polar surface area (TPSA) is 59.8 Å². The van der Waals surface area contributed by atoms with Crippen LogP contribution in [-0.4, -0.2) is 20.7 Å². The summed E-state index contributed by atoms with van der Waals surface area (Å²) in [5.74, 6) is 0.477. The Morgan fingerprint density at radius 2 is 2.04 bits per heavy atom. The highest BCUT2D eigenvalue weighted by atomic mass is 16.1. The van der Waals surface area contributed by atoms with E-state index in [-0.39, 0.29) is 5.91 Å².